The first-order valence-electron chi connectivity index (χ1n) is 5.84. The van der Waals surface area contributed by atoms with Crippen molar-refractivity contribution in [2.45, 2.75) is 6.92 Å². The van der Waals surface area contributed by atoms with Gasteiger partial charge in [-0.25, -0.2) is 4.99 Å². The highest BCUT2D eigenvalue weighted by molar-refractivity contribution is 8.19. The first-order chi connectivity index (χ1) is 9.22. The van der Waals surface area contributed by atoms with Crippen LogP contribution in [0, 0.1) is 6.92 Å². The number of aliphatic imine (C=N–C) groups is 1. The summed E-state index contributed by atoms with van der Waals surface area (Å²) in [6, 6.07) is 10.1. The summed E-state index contributed by atoms with van der Waals surface area (Å²) in [6.07, 6.45) is 1.90. The molecule has 94 valence electrons. The Morgan fingerprint density at radius 1 is 1.16 bits per heavy atom. The van der Waals surface area contributed by atoms with E-state index in [-0.39, 0.29) is 5.91 Å². The predicted molar refractivity (Wildman–Crippen MR) is 82.6 cm³/mol. The zero-order valence-electron chi connectivity index (χ0n) is 10.3. The lowest BCUT2D eigenvalue weighted by Gasteiger charge is -1.99. The molecule has 1 aromatic heterocycles. The van der Waals surface area contributed by atoms with Gasteiger partial charge in [0.15, 0.2) is 0 Å². The summed E-state index contributed by atoms with van der Waals surface area (Å²) in [5.74, 6) is -0.147. The Morgan fingerprint density at radius 3 is 2.63 bits per heavy atom. The number of carbonyl (C=O) groups is 1. The number of carbonyl (C=O) groups excluding carboxylic acids is 1. The van der Waals surface area contributed by atoms with Gasteiger partial charge in [0.25, 0.3) is 5.91 Å². The number of aryl methyl sites for hydroxylation is 1. The van der Waals surface area contributed by atoms with Crippen LogP contribution >= 0.6 is 23.1 Å². The first kappa shape index (κ1) is 12.4. The van der Waals surface area contributed by atoms with Gasteiger partial charge in [-0.15, -0.1) is 0 Å². The molecule has 0 aliphatic carbocycles. The molecule has 0 spiro atoms. The van der Waals surface area contributed by atoms with Crippen molar-refractivity contribution in [3.8, 4) is 0 Å². The molecule has 0 fully saturated rings. The van der Waals surface area contributed by atoms with Crippen molar-refractivity contribution in [2.24, 2.45) is 4.99 Å². The van der Waals surface area contributed by atoms with Crippen LogP contribution in [0.5, 0.6) is 0 Å². The van der Waals surface area contributed by atoms with Gasteiger partial charge in [0, 0.05) is 5.56 Å². The molecule has 2 nitrogen and oxygen atoms in total. The SMILES string of the molecule is Cc1ccc(C2=NC(=O)C(=Cc3ccsc3)S2)cc1. The van der Waals surface area contributed by atoms with Gasteiger partial charge < -0.3 is 0 Å². The fourth-order valence-electron chi connectivity index (χ4n) is 1.74. The summed E-state index contributed by atoms with van der Waals surface area (Å²) in [5, 5.41) is 4.80. The molecule has 1 amide bonds. The molecule has 1 aliphatic rings. The Hall–Kier alpha value is -1.65. The molecular formula is C15H11NOS2. The topological polar surface area (TPSA) is 29.4 Å². The molecule has 0 saturated carbocycles. The third-order valence-corrected chi connectivity index (χ3v) is 4.49. The summed E-state index contributed by atoms with van der Waals surface area (Å²) in [5.41, 5.74) is 3.26. The van der Waals surface area contributed by atoms with Gasteiger partial charge >= 0.3 is 0 Å². The van der Waals surface area contributed by atoms with Crippen LogP contribution in [0.2, 0.25) is 0 Å². The Kier molecular flexibility index (Phi) is 3.36. The zero-order valence-corrected chi connectivity index (χ0v) is 11.9. The van der Waals surface area contributed by atoms with Crippen LogP contribution < -0.4 is 0 Å². The largest absolute Gasteiger partial charge is 0.284 e. The average Bonchev–Trinajstić information content (AvgIpc) is 3.02. The van der Waals surface area contributed by atoms with E-state index in [4.69, 9.17) is 0 Å². The lowest BCUT2D eigenvalue weighted by Crippen LogP contribution is -1.90. The monoisotopic (exact) mass is 285 g/mol. The van der Waals surface area contributed by atoms with E-state index in [0.717, 1.165) is 16.2 Å². The predicted octanol–water partition coefficient (Wildman–Crippen LogP) is 4.12. The summed E-state index contributed by atoms with van der Waals surface area (Å²) in [7, 11) is 0. The Labute approximate surface area is 119 Å². The first-order valence-corrected chi connectivity index (χ1v) is 7.60. The number of thiophene rings is 1. The van der Waals surface area contributed by atoms with Crippen LogP contribution in [-0.2, 0) is 4.79 Å². The van der Waals surface area contributed by atoms with E-state index in [1.807, 2.05) is 54.1 Å². The molecule has 19 heavy (non-hydrogen) atoms. The van der Waals surface area contributed by atoms with Crippen LogP contribution in [0.1, 0.15) is 16.7 Å². The lowest BCUT2D eigenvalue weighted by atomic mass is 10.2. The second kappa shape index (κ2) is 5.15. The van der Waals surface area contributed by atoms with Gasteiger partial charge in [-0.05, 0) is 35.4 Å². The highest BCUT2D eigenvalue weighted by Gasteiger charge is 2.22. The Morgan fingerprint density at radius 2 is 1.95 bits per heavy atom. The van der Waals surface area contributed by atoms with Crippen LogP contribution in [0.4, 0.5) is 0 Å². The smallest absolute Gasteiger partial charge is 0.266 e. The maximum atomic E-state index is 11.9. The highest BCUT2D eigenvalue weighted by Crippen LogP contribution is 2.32. The van der Waals surface area contributed by atoms with Gasteiger partial charge in [0.1, 0.15) is 5.04 Å². The van der Waals surface area contributed by atoms with Gasteiger partial charge in [-0.2, -0.15) is 11.3 Å². The quantitative estimate of drug-likeness (QED) is 0.777. The van der Waals surface area contributed by atoms with Gasteiger partial charge in [-0.3, -0.25) is 4.79 Å². The van der Waals surface area contributed by atoms with Crippen molar-refractivity contribution >= 4 is 40.1 Å². The van der Waals surface area contributed by atoms with Gasteiger partial charge in [0.05, 0.1) is 4.91 Å². The molecular weight excluding hydrogens is 274 g/mol. The average molecular weight is 285 g/mol. The number of amides is 1. The van der Waals surface area contributed by atoms with E-state index in [1.165, 1.54) is 17.3 Å². The highest BCUT2D eigenvalue weighted by atomic mass is 32.2. The zero-order chi connectivity index (χ0) is 13.2. The number of thioether (sulfide) groups is 1. The van der Waals surface area contributed by atoms with Crippen LogP contribution in [0.3, 0.4) is 0 Å². The van der Waals surface area contributed by atoms with Crippen LogP contribution in [0.25, 0.3) is 6.08 Å². The lowest BCUT2D eigenvalue weighted by molar-refractivity contribution is -0.113. The van der Waals surface area contributed by atoms with Crippen LogP contribution in [0.15, 0.2) is 51.0 Å². The Balaban J connectivity index is 1.86. The van der Waals surface area contributed by atoms with Crippen LogP contribution in [-0.4, -0.2) is 11.0 Å². The van der Waals surface area contributed by atoms with E-state index in [9.17, 15) is 4.79 Å². The molecule has 0 saturated heterocycles. The standard InChI is InChI=1S/C15H11NOS2/c1-10-2-4-12(5-3-10)15-16-14(17)13(19-15)8-11-6-7-18-9-11/h2-9H,1H3. The minimum atomic E-state index is -0.147. The van der Waals surface area contributed by atoms with E-state index in [2.05, 4.69) is 4.99 Å². The third-order valence-electron chi connectivity index (χ3n) is 2.76. The van der Waals surface area contributed by atoms with Crippen molar-refractivity contribution in [2.75, 3.05) is 0 Å². The second-order valence-corrected chi connectivity index (χ2v) is 6.07. The van der Waals surface area contributed by atoms with Crippen molar-refractivity contribution < 1.29 is 4.79 Å². The summed E-state index contributed by atoms with van der Waals surface area (Å²) < 4.78 is 0. The van der Waals surface area contributed by atoms with Crippen molar-refractivity contribution in [3.63, 3.8) is 0 Å². The molecule has 3 rings (SSSR count). The maximum absolute atomic E-state index is 11.9. The molecule has 1 aliphatic heterocycles. The molecule has 2 heterocycles. The fourth-order valence-corrected chi connectivity index (χ4v) is 3.27. The van der Waals surface area contributed by atoms with E-state index < -0.39 is 0 Å². The third kappa shape index (κ3) is 2.69. The Bertz CT molecular complexity index is 667. The number of nitrogens with zero attached hydrogens (tertiary/aromatic N) is 1. The second-order valence-electron chi connectivity index (χ2n) is 4.26. The minimum absolute atomic E-state index is 0.147. The molecule has 0 atom stereocenters. The van der Waals surface area contributed by atoms with Crippen molar-refractivity contribution in [1.29, 1.82) is 0 Å². The molecule has 2 aromatic rings. The van der Waals surface area contributed by atoms with Gasteiger partial charge in [0.2, 0.25) is 0 Å². The summed E-state index contributed by atoms with van der Waals surface area (Å²) in [4.78, 5) is 16.7. The molecule has 1 aromatic carbocycles. The molecule has 4 heteroatoms. The number of hydrogen-bond acceptors (Lipinski definition) is 3. The molecule has 0 N–H and O–H groups in total. The van der Waals surface area contributed by atoms with Crippen molar-refractivity contribution in [1.82, 2.24) is 0 Å². The fraction of sp³-hybridized carbons (Fsp3) is 0.0667. The molecule has 0 bridgehead atoms. The maximum Gasteiger partial charge on any atom is 0.284 e. The normalized spacial score (nSPS) is 17.0. The number of rotatable bonds is 2. The van der Waals surface area contributed by atoms with Gasteiger partial charge in [-0.1, -0.05) is 41.6 Å². The van der Waals surface area contributed by atoms with E-state index >= 15 is 0 Å². The van der Waals surface area contributed by atoms with Crippen molar-refractivity contribution in [3.05, 3.63) is 62.7 Å². The number of benzene rings is 1. The minimum Gasteiger partial charge on any atom is -0.266 e. The van der Waals surface area contributed by atoms with E-state index in [1.54, 1.807) is 11.3 Å². The molecule has 0 unspecified atom stereocenters. The van der Waals surface area contributed by atoms with E-state index in [0.29, 0.717) is 4.91 Å². The summed E-state index contributed by atoms with van der Waals surface area (Å²) in [6.45, 7) is 2.04. The molecule has 0 radical (unpaired) electrons. The number of hydrogen-bond donors (Lipinski definition) is 0. The summed E-state index contributed by atoms with van der Waals surface area (Å²) >= 11 is 3.06.